The van der Waals surface area contributed by atoms with Crippen molar-refractivity contribution >= 4 is 22.6 Å². The third-order valence-electron chi connectivity index (χ3n) is 2.37. The molecule has 0 bridgehead atoms. The van der Waals surface area contributed by atoms with Gasteiger partial charge in [-0.15, -0.1) is 0 Å². The summed E-state index contributed by atoms with van der Waals surface area (Å²) in [5.41, 5.74) is 0. The average Bonchev–Trinajstić information content (AvgIpc) is 2.11. The molecule has 1 fully saturated rings. The molecule has 0 spiro atoms. The molecule has 0 amide bonds. The van der Waals surface area contributed by atoms with E-state index in [-0.39, 0.29) is 0 Å². The smallest absolute Gasteiger partial charge is 0.0503 e. The number of rotatable bonds is 2. The van der Waals surface area contributed by atoms with Crippen molar-refractivity contribution in [1.82, 2.24) is 5.32 Å². The van der Waals surface area contributed by atoms with E-state index in [1.54, 1.807) is 7.11 Å². The Balaban J connectivity index is 2.42. The first-order valence-electron chi connectivity index (χ1n) is 4.52. The Morgan fingerprint density at radius 2 is 2.42 bits per heavy atom. The zero-order chi connectivity index (χ0) is 9.03. The van der Waals surface area contributed by atoms with E-state index in [9.17, 15) is 0 Å². The fraction of sp³-hybridized carbons (Fsp3) is 1.00. The predicted octanol–water partition coefficient (Wildman–Crippen LogP) is 1.83. The topological polar surface area (TPSA) is 21.3 Å². The van der Waals surface area contributed by atoms with Gasteiger partial charge in [-0.25, -0.2) is 0 Å². The van der Waals surface area contributed by atoms with Crippen LogP contribution in [0.5, 0.6) is 0 Å². The minimum Gasteiger partial charge on any atom is -0.384 e. The maximum Gasteiger partial charge on any atom is 0.0503 e. The van der Waals surface area contributed by atoms with Gasteiger partial charge < -0.3 is 10.1 Å². The molecule has 1 aliphatic heterocycles. The highest BCUT2D eigenvalue weighted by Crippen LogP contribution is 2.31. The highest BCUT2D eigenvalue weighted by Gasteiger charge is 2.27. The quantitative estimate of drug-likeness (QED) is 0.616. The van der Waals surface area contributed by atoms with Gasteiger partial charge in [-0.3, -0.25) is 0 Å². The molecule has 1 saturated heterocycles. The van der Waals surface area contributed by atoms with Gasteiger partial charge in [0.2, 0.25) is 0 Å². The molecule has 72 valence electrons. The molecule has 1 aliphatic rings. The van der Waals surface area contributed by atoms with E-state index in [0.29, 0.717) is 9.34 Å². The molecule has 0 aromatic heterocycles. The zero-order valence-electron chi connectivity index (χ0n) is 7.90. The van der Waals surface area contributed by atoms with Gasteiger partial charge in [0.15, 0.2) is 0 Å². The van der Waals surface area contributed by atoms with Crippen LogP contribution in [0, 0.1) is 5.92 Å². The van der Waals surface area contributed by atoms with E-state index in [4.69, 9.17) is 4.74 Å². The Morgan fingerprint density at radius 3 is 3.08 bits per heavy atom. The molecule has 0 radical (unpaired) electrons. The van der Waals surface area contributed by atoms with Crippen molar-refractivity contribution in [3.63, 3.8) is 0 Å². The number of methoxy groups -OCH3 is 1. The van der Waals surface area contributed by atoms with Gasteiger partial charge in [0.25, 0.3) is 0 Å². The fourth-order valence-electron chi connectivity index (χ4n) is 1.78. The first-order chi connectivity index (χ1) is 5.64. The standard InChI is InChI=1S/C9H18INO/c1-9(10)3-4-11-6-8(5-9)7-12-2/h8,11H,3-7H2,1-2H3. The summed E-state index contributed by atoms with van der Waals surface area (Å²) in [5.74, 6) is 0.694. The van der Waals surface area contributed by atoms with Crippen molar-refractivity contribution in [3.8, 4) is 0 Å². The molecule has 2 nitrogen and oxygen atoms in total. The lowest BCUT2D eigenvalue weighted by atomic mass is 9.96. The van der Waals surface area contributed by atoms with Gasteiger partial charge in [-0.2, -0.15) is 0 Å². The van der Waals surface area contributed by atoms with E-state index >= 15 is 0 Å². The SMILES string of the molecule is COCC1CNCCC(C)(I)C1. The highest BCUT2D eigenvalue weighted by atomic mass is 127. The predicted molar refractivity (Wildman–Crippen MR) is 59.9 cm³/mol. The van der Waals surface area contributed by atoms with Crippen molar-refractivity contribution in [2.75, 3.05) is 26.8 Å². The molecule has 2 unspecified atom stereocenters. The van der Waals surface area contributed by atoms with Crippen molar-refractivity contribution < 1.29 is 4.74 Å². The summed E-state index contributed by atoms with van der Waals surface area (Å²) >= 11 is 2.58. The Hall–Kier alpha value is 0.650. The summed E-state index contributed by atoms with van der Waals surface area (Å²) in [6.07, 6.45) is 2.54. The largest absolute Gasteiger partial charge is 0.384 e. The van der Waals surface area contributed by atoms with E-state index in [0.717, 1.165) is 19.7 Å². The maximum absolute atomic E-state index is 5.19. The van der Waals surface area contributed by atoms with E-state index < -0.39 is 0 Å². The van der Waals surface area contributed by atoms with E-state index in [2.05, 4.69) is 34.8 Å². The van der Waals surface area contributed by atoms with Gasteiger partial charge in [0, 0.05) is 17.1 Å². The van der Waals surface area contributed by atoms with Crippen LogP contribution in [0.1, 0.15) is 19.8 Å². The van der Waals surface area contributed by atoms with Gasteiger partial charge in [0.1, 0.15) is 0 Å². The first kappa shape index (κ1) is 10.7. The van der Waals surface area contributed by atoms with Crippen LogP contribution in [0.3, 0.4) is 0 Å². The van der Waals surface area contributed by atoms with Crippen LogP contribution in [-0.2, 0) is 4.74 Å². The van der Waals surface area contributed by atoms with Crippen LogP contribution in [0.25, 0.3) is 0 Å². The third-order valence-corrected chi connectivity index (χ3v) is 3.35. The zero-order valence-corrected chi connectivity index (χ0v) is 10.1. The van der Waals surface area contributed by atoms with Crippen LogP contribution >= 0.6 is 22.6 Å². The van der Waals surface area contributed by atoms with E-state index in [1.807, 2.05) is 0 Å². The Labute approximate surface area is 88.6 Å². The lowest BCUT2D eigenvalue weighted by Gasteiger charge is -2.23. The molecule has 12 heavy (non-hydrogen) atoms. The molecule has 1 rings (SSSR count). The number of halogens is 1. The number of hydrogen-bond acceptors (Lipinski definition) is 2. The number of ether oxygens (including phenoxy) is 1. The summed E-state index contributed by atoms with van der Waals surface area (Å²) in [6.45, 7) is 5.50. The second-order valence-electron chi connectivity index (χ2n) is 3.89. The normalized spacial score (nSPS) is 37.8. The van der Waals surface area contributed by atoms with Crippen molar-refractivity contribution in [1.29, 1.82) is 0 Å². The van der Waals surface area contributed by atoms with Crippen molar-refractivity contribution in [2.45, 2.75) is 23.2 Å². The average molecular weight is 283 g/mol. The van der Waals surface area contributed by atoms with Gasteiger partial charge in [-0.05, 0) is 25.3 Å². The second-order valence-corrected chi connectivity index (χ2v) is 6.50. The van der Waals surface area contributed by atoms with Crippen LogP contribution in [0.15, 0.2) is 0 Å². The van der Waals surface area contributed by atoms with Crippen LogP contribution < -0.4 is 5.32 Å². The number of hydrogen-bond donors (Lipinski definition) is 1. The lowest BCUT2D eigenvalue weighted by Crippen LogP contribution is -2.24. The lowest BCUT2D eigenvalue weighted by molar-refractivity contribution is 0.147. The van der Waals surface area contributed by atoms with Gasteiger partial charge in [0.05, 0.1) is 6.61 Å². The molecule has 0 saturated carbocycles. The molecule has 3 heteroatoms. The van der Waals surface area contributed by atoms with E-state index in [1.165, 1.54) is 12.8 Å². The maximum atomic E-state index is 5.19. The minimum absolute atomic E-state index is 0.463. The van der Waals surface area contributed by atoms with Crippen LogP contribution in [-0.4, -0.2) is 30.2 Å². The Kier molecular flexibility index (Phi) is 4.26. The molecular weight excluding hydrogens is 265 g/mol. The molecule has 0 aromatic carbocycles. The molecule has 1 heterocycles. The Bertz CT molecular complexity index is 138. The summed E-state index contributed by atoms with van der Waals surface area (Å²) < 4.78 is 5.65. The molecule has 1 N–H and O–H groups in total. The number of nitrogens with one attached hydrogen (secondary N) is 1. The second kappa shape index (κ2) is 4.77. The van der Waals surface area contributed by atoms with Gasteiger partial charge in [-0.1, -0.05) is 29.5 Å². The molecule has 0 aromatic rings. The third kappa shape index (κ3) is 3.58. The fourth-order valence-corrected chi connectivity index (χ4v) is 2.68. The summed E-state index contributed by atoms with van der Waals surface area (Å²) in [6, 6.07) is 0. The highest BCUT2D eigenvalue weighted by molar-refractivity contribution is 14.1. The minimum atomic E-state index is 0.463. The van der Waals surface area contributed by atoms with Crippen molar-refractivity contribution in [3.05, 3.63) is 0 Å². The van der Waals surface area contributed by atoms with Crippen LogP contribution in [0.4, 0.5) is 0 Å². The monoisotopic (exact) mass is 283 g/mol. The Morgan fingerprint density at radius 1 is 1.67 bits per heavy atom. The summed E-state index contributed by atoms with van der Waals surface area (Å²) in [5, 5.41) is 3.45. The molecule has 0 aliphatic carbocycles. The first-order valence-corrected chi connectivity index (χ1v) is 5.60. The summed E-state index contributed by atoms with van der Waals surface area (Å²) in [4.78, 5) is 0. The van der Waals surface area contributed by atoms with Crippen molar-refractivity contribution in [2.24, 2.45) is 5.92 Å². The van der Waals surface area contributed by atoms with Crippen LogP contribution in [0.2, 0.25) is 0 Å². The molecular formula is C9H18INO. The number of alkyl halides is 1. The summed E-state index contributed by atoms with van der Waals surface area (Å²) in [7, 11) is 1.79. The molecule has 2 atom stereocenters. The van der Waals surface area contributed by atoms with Gasteiger partial charge >= 0.3 is 0 Å².